The molecule has 1 aromatic carbocycles. The van der Waals surface area contributed by atoms with Gasteiger partial charge < -0.3 is 0 Å². The van der Waals surface area contributed by atoms with Crippen molar-refractivity contribution in [2.45, 2.75) is 6.18 Å². The Morgan fingerprint density at radius 1 is 1.32 bits per heavy atom. The Labute approximate surface area is 106 Å². The Kier molecular flexibility index (Phi) is 3.21. The van der Waals surface area contributed by atoms with Crippen LogP contribution in [0.4, 0.5) is 13.2 Å². The van der Waals surface area contributed by atoms with Crippen LogP contribution in [0.1, 0.15) is 11.1 Å². The maximum absolute atomic E-state index is 12.6. The highest BCUT2D eigenvalue weighted by Gasteiger charge is 2.30. The Bertz CT molecular complexity index is 624. The van der Waals surface area contributed by atoms with Gasteiger partial charge in [-0.15, -0.1) is 0 Å². The standard InChI is InChI=1S/C13H7F3N2O/c14-13(15,16)11-3-1-2-8(5-11)10-4-9(6-17)12(19)18-7-10/h1-5,7,9H. The predicted molar refractivity (Wildman–Crippen MR) is 62.0 cm³/mol. The number of amides is 1. The minimum Gasteiger partial charge on any atom is -0.271 e. The maximum Gasteiger partial charge on any atom is 0.416 e. The smallest absolute Gasteiger partial charge is 0.271 e. The molecule has 96 valence electrons. The van der Waals surface area contributed by atoms with E-state index in [1.807, 2.05) is 0 Å². The molecule has 19 heavy (non-hydrogen) atoms. The fourth-order valence-corrected chi connectivity index (χ4v) is 1.65. The number of allylic oxidation sites excluding steroid dienone is 1. The Balaban J connectivity index is 2.41. The highest BCUT2D eigenvalue weighted by molar-refractivity contribution is 6.16. The zero-order valence-corrected chi connectivity index (χ0v) is 9.48. The molecule has 0 radical (unpaired) electrons. The third-order valence-corrected chi connectivity index (χ3v) is 2.61. The van der Waals surface area contributed by atoms with E-state index in [1.54, 1.807) is 6.07 Å². The van der Waals surface area contributed by atoms with E-state index < -0.39 is 23.6 Å². The van der Waals surface area contributed by atoms with E-state index >= 15 is 0 Å². The average Bonchev–Trinajstić information content (AvgIpc) is 2.38. The SMILES string of the molecule is N#CC1C=C(c2cccc(C(F)(F)F)c2)C=NC1=O. The first-order chi connectivity index (χ1) is 8.91. The van der Waals surface area contributed by atoms with E-state index in [4.69, 9.17) is 5.26 Å². The van der Waals surface area contributed by atoms with Gasteiger partial charge in [0.05, 0.1) is 11.6 Å². The van der Waals surface area contributed by atoms with Crippen LogP contribution in [0.5, 0.6) is 0 Å². The highest BCUT2D eigenvalue weighted by Crippen LogP contribution is 2.31. The number of rotatable bonds is 1. The molecule has 6 heteroatoms. The van der Waals surface area contributed by atoms with Gasteiger partial charge >= 0.3 is 6.18 Å². The number of alkyl halides is 3. The summed E-state index contributed by atoms with van der Waals surface area (Å²) in [5, 5.41) is 8.74. The number of halogens is 3. The van der Waals surface area contributed by atoms with Crippen LogP contribution in [0.2, 0.25) is 0 Å². The summed E-state index contributed by atoms with van der Waals surface area (Å²) in [6.45, 7) is 0. The van der Waals surface area contributed by atoms with Crippen molar-refractivity contribution in [1.82, 2.24) is 0 Å². The van der Waals surface area contributed by atoms with Crippen LogP contribution in [0.25, 0.3) is 5.57 Å². The van der Waals surface area contributed by atoms with Crippen LogP contribution in [-0.4, -0.2) is 12.1 Å². The molecular formula is C13H7F3N2O. The fraction of sp³-hybridized carbons (Fsp3) is 0.154. The van der Waals surface area contributed by atoms with Crippen LogP contribution in [-0.2, 0) is 11.0 Å². The van der Waals surface area contributed by atoms with Gasteiger partial charge in [0.15, 0.2) is 0 Å². The first kappa shape index (κ1) is 13.0. The monoisotopic (exact) mass is 264 g/mol. The molecule has 1 unspecified atom stereocenters. The highest BCUT2D eigenvalue weighted by atomic mass is 19.4. The van der Waals surface area contributed by atoms with Gasteiger partial charge in [0, 0.05) is 6.21 Å². The van der Waals surface area contributed by atoms with Crippen molar-refractivity contribution in [2.24, 2.45) is 10.9 Å². The number of dihydropyridines is 1. The van der Waals surface area contributed by atoms with Crippen LogP contribution in [0, 0.1) is 17.2 Å². The maximum atomic E-state index is 12.6. The first-order valence-electron chi connectivity index (χ1n) is 5.29. The molecule has 0 aliphatic carbocycles. The topological polar surface area (TPSA) is 53.2 Å². The average molecular weight is 264 g/mol. The summed E-state index contributed by atoms with van der Waals surface area (Å²) in [4.78, 5) is 14.7. The molecule has 1 aliphatic heterocycles. The number of hydrogen-bond donors (Lipinski definition) is 0. The van der Waals surface area contributed by atoms with Crippen molar-refractivity contribution < 1.29 is 18.0 Å². The van der Waals surface area contributed by atoms with Gasteiger partial charge in [-0.1, -0.05) is 12.1 Å². The summed E-state index contributed by atoms with van der Waals surface area (Å²) in [5.41, 5.74) is -0.187. The molecular weight excluding hydrogens is 257 g/mol. The van der Waals surface area contributed by atoms with Crippen molar-refractivity contribution >= 4 is 17.7 Å². The van der Waals surface area contributed by atoms with Gasteiger partial charge in [-0.05, 0) is 29.3 Å². The van der Waals surface area contributed by atoms with E-state index in [9.17, 15) is 18.0 Å². The molecule has 0 aromatic heterocycles. The van der Waals surface area contributed by atoms with Crippen molar-refractivity contribution in [3.8, 4) is 6.07 Å². The molecule has 1 amide bonds. The third kappa shape index (κ3) is 2.71. The fourth-order valence-electron chi connectivity index (χ4n) is 1.65. The zero-order chi connectivity index (χ0) is 14.0. The lowest BCUT2D eigenvalue weighted by molar-refractivity contribution is -0.137. The van der Waals surface area contributed by atoms with Gasteiger partial charge in [-0.2, -0.15) is 18.4 Å². The largest absolute Gasteiger partial charge is 0.416 e. The second kappa shape index (κ2) is 4.69. The van der Waals surface area contributed by atoms with Crippen molar-refractivity contribution in [1.29, 1.82) is 5.26 Å². The summed E-state index contributed by atoms with van der Waals surface area (Å²) in [6.07, 6.45) is -1.96. The summed E-state index contributed by atoms with van der Waals surface area (Å²) >= 11 is 0. The van der Waals surface area contributed by atoms with Crippen LogP contribution < -0.4 is 0 Å². The summed E-state index contributed by atoms with van der Waals surface area (Å²) < 4.78 is 37.7. The molecule has 1 aliphatic rings. The lowest BCUT2D eigenvalue weighted by Gasteiger charge is -2.12. The number of nitrogens with zero attached hydrogens (tertiary/aromatic N) is 2. The normalized spacial score (nSPS) is 18.9. The van der Waals surface area contributed by atoms with Crippen molar-refractivity contribution in [3.63, 3.8) is 0 Å². The third-order valence-electron chi connectivity index (χ3n) is 2.61. The Hall–Kier alpha value is -2.42. The second-order valence-electron chi connectivity index (χ2n) is 3.90. The minimum absolute atomic E-state index is 0.270. The lowest BCUT2D eigenvalue weighted by atomic mass is 9.97. The Morgan fingerprint density at radius 2 is 2.05 bits per heavy atom. The number of aliphatic imine (C=N–C) groups is 1. The molecule has 0 bridgehead atoms. The van der Waals surface area contributed by atoms with Gasteiger partial charge in [-0.3, -0.25) is 4.79 Å². The molecule has 0 spiro atoms. The van der Waals surface area contributed by atoms with Crippen LogP contribution >= 0.6 is 0 Å². The van der Waals surface area contributed by atoms with E-state index in [1.165, 1.54) is 24.4 Å². The number of carbonyl (C=O) groups excluding carboxylic acids is 1. The molecule has 0 saturated heterocycles. The second-order valence-corrected chi connectivity index (χ2v) is 3.90. The van der Waals surface area contributed by atoms with Gasteiger partial charge in [-0.25, -0.2) is 4.99 Å². The first-order valence-corrected chi connectivity index (χ1v) is 5.29. The van der Waals surface area contributed by atoms with Crippen LogP contribution in [0.3, 0.4) is 0 Å². The van der Waals surface area contributed by atoms with Gasteiger partial charge in [0.2, 0.25) is 0 Å². The summed E-state index contributed by atoms with van der Waals surface area (Å²) in [5.74, 6) is -1.66. The Morgan fingerprint density at radius 3 is 2.68 bits per heavy atom. The molecule has 1 heterocycles. The number of hydrogen-bond acceptors (Lipinski definition) is 2. The quantitative estimate of drug-likeness (QED) is 0.783. The van der Waals surface area contributed by atoms with E-state index in [-0.39, 0.29) is 5.56 Å². The molecule has 0 N–H and O–H groups in total. The molecule has 1 atom stereocenters. The summed E-state index contributed by atoms with van der Waals surface area (Å²) in [7, 11) is 0. The molecule has 0 fully saturated rings. The van der Waals surface area contributed by atoms with Crippen molar-refractivity contribution in [3.05, 3.63) is 41.5 Å². The van der Waals surface area contributed by atoms with E-state index in [0.29, 0.717) is 5.57 Å². The molecule has 3 nitrogen and oxygen atoms in total. The van der Waals surface area contributed by atoms with Gasteiger partial charge in [0.25, 0.3) is 5.91 Å². The number of benzene rings is 1. The van der Waals surface area contributed by atoms with Crippen LogP contribution in [0.15, 0.2) is 35.3 Å². The van der Waals surface area contributed by atoms with Gasteiger partial charge in [0.1, 0.15) is 5.92 Å². The van der Waals surface area contributed by atoms with E-state index in [0.717, 1.165) is 12.1 Å². The predicted octanol–water partition coefficient (Wildman–Crippen LogP) is 2.84. The summed E-state index contributed by atoms with van der Waals surface area (Å²) in [6, 6.07) is 6.39. The molecule has 1 aromatic rings. The van der Waals surface area contributed by atoms with Crippen molar-refractivity contribution in [2.75, 3.05) is 0 Å². The molecule has 0 saturated carbocycles. The van der Waals surface area contributed by atoms with E-state index in [2.05, 4.69) is 4.99 Å². The lowest BCUT2D eigenvalue weighted by Crippen LogP contribution is -2.13. The zero-order valence-electron chi connectivity index (χ0n) is 9.48. The minimum atomic E-state index is -4.44. The number of nitriles is 1. The number of carbonyl (C=O) groups is 1. The molecule has 2 rings (SSSR count).